The Bertz CT molecular complexity index is 872. The maximum Gasteiger partial charge on any atom is 0.178 e. The smallest absolute Gasteiger partial charge is 0.178 e. The van der Waals surface area contributed by atoms with Gasteiger partial charge in [0, 0.05) is 22.0 Å². The molecule has 0 amide bonds. The van der Waals surface area contributed by atoms with Crippen molar-refractivity contribution in [3.05, 3.63) is 23.8 Å². The number of alkyl halides is 1. The van der Waals surface area contributed by atoms with Crippen LogP contribution in [0.25, 0.3) is 0 Å². The predicted molar refractivity (Wildman–Crippen MR) is 124 cm³/mol. The van der Waals surface area contributed by atoms with Gasteiger partial charge in [0.2, 0.25) is 0 Å². The molecule has 1 saturated heterocycles. The molecule has 1 heterocycles. The Morgan fingerprint density at radius 2 is 2.06 bits per heavy atom. The number of thioether (sulfide) groups is 1. The number of aliphatic hydroxyl groups is 1. The lowest BCUT2D eigenvalue weighted by Crippen LogP contribution is -2.68. The van der Waals surface area contributed by atoms with Crippen LogP contribution in [0, 0.1) is 22.7 Å². The van der Waals surface area contributed by atoms with Gasteiger partial charge in [-0.25, -0.2) is 4.39 Å². The summed E-state index contributed by atoms with van der Waals surface area (Å²) in [6.45, 7) is 10.6. The second kappa shape index (κ2) is 7.40. The first kappa shape index (κ1) is 23.1. The number of aliphatic hydroxyl groups excluding tert-OH is 1. The van der Waals surface area contributed by atoms with Crippen LogP contribution >= 0.6 is 11.8 Å². The molecule has 32 heavy (non-hydrogen) atoms. The molecular weight excluding hydrogens is 427 g/mol. The van der Waals surface area contributed by atoms with Crippen molar-refractivity contribution in [1.29, 1.82) is 0 Å². The van der Waals surface area contributed by atoms with Gasteiger partial charge in [0.25, 0.3) is 0 Å². The van der Waals surface area contributed by atoms with E-state index < -0.39 is 22.1 Å². The van der Waals surface area contributed by atoms with E-state index >= 15 is 4.39 Å². The van der Waals surface area contributed by atoms with Crippen LogP contribution in [0.1, 0.15) is 73.1 Å². The van der Waals surface area contributed by atoms with Crippen LogP contribution in [-0.2, 0) is 14.3 Å². The lowest BCUT2D eigenvalue weighted by atomic mass is 9.45. The van der Waals surface area contributed by atoms with E-state index in [-0.39, 0.29) is 35.4 Å². The first-order valence-corrected chi connectivity index (χ1v) is 13.2. The fourth-order valence-corrected chi connectivity index (χ4v) is 9.53. The summed E-state index contributed by atoms with van der Waals surface area (Å²) in [5.74, 6) is -0.330. The summed E-state index contributed by atoms with van der Waals surface area (Å²) in [6.07, 6.45) is 7.62. The van der Waals surface area contributed by atoms with E-state index in [9.17, 15) is 9.90 Å². The predicted octanol–water partition coefficient (Wildman–Crippen LogP) is 5.35. The molecule has 6 heteroatoms. The Labute approximate surface area is 195 Å². The highest BCUT2D eigenvalue weighted by atomic mass is 32.2. The second-order valence-corrected chi connectivity index (χ2v) is 13.1. The van der Waals surface area contributed by atoms with Crippen LogP contribution in [0.2, 0.25) is 0 Å². The summed E-state index contributed by atoms with van der Waals surface area (Å²) >= 11 is 1.81. The van der Waals surface area contributed by atoms with Gasteiger partial charge in [0.15, 0.2) is 17.7 Å². The third-order valence-electron chi connectivity index (χ3n) is 9.28. The van der Waals surface area contributed by atoms with E-state index in [2.05, 4.69) is 27.7 Å². The SMILES string of the molecule is CCC[C@@H]1O[C@@H]2CC3C4CCC5=CC(=O)C=C[C@]5(C)[C@@]4(F)[C@@H](O)C[C@]3(C)[C@]2(SC(C)C)O1. The average molecular weight is 465 g/mol. The van der Waals surface area contributed by atoms with E-state index in [1.165, 1.54) is 6.08 Å². The maximum absolute atomic E-state index is 17.3. The normalized spacial score (nSPS) is 51.8. The molecule has 0 aromatic heterocycles. The number of halogens is 1. The minimum Gasteiger partial charge on any atom is -0.390 e. The van der Waals surface area contributed by atoms with Crippen molar-refractivity contribution in [2.75, 3.05) is 0 Å². The highest BCUT2D eigenvalue weighted by Gasteiger charge is 2.77. The average Bonchev–Trinajstić information content (AvgIpc) is 3.15. The van der Waals surface area contributed by atoms with E-state index in [1.54, 1.807) is 23.9 Å². The Balaban J connectivity index is 1.57. The molecule has 0 aromatic rings. The van der Waals surface area contributed by atoms with Crippen molar-refractivity contribution >= 4 is 17.5 Å². The Hall–Kier alpha value is -0.690. The number of rotatable bonds is 4. The van der Waals surface area contributed by atoms with Crippen LogP contribution in [-0.4, -0.2) is 45.2 Å². The zero-order chi connectivity index (χ0) is 23.1. The highest BCUT2D eigenvalue weighted by Crippen LogP contribution is 2.74. The van der Waals surface area contributed by atoms with Crippen LogP contribution in [0.15, 0.2) is 23.8 Å². The third kappa shape index (κ3) is 2.76. The van der Waals surface area contributed by atoms with Crippen LogP contribution < -0.4 is 0 Å². The molecule has 5 aliphatic rings. The van der Waals surface area contributed by atoms with Crippen LogP contribution in [0.4, 0.5) is 4.39 Å². The van der Waals surface area contributed by atoms with Crippen LogP contribution in [0.5, 0.6) is 0 Å². The molecule has 2 unspecified atom stereocenters. The monoisotopic (exact) mass is 464 g/mol. The van der Waals surface area contributed by atoms with Gasteiger partial charge < -0.3 is 14.6 Å². The molecule has 1 aliphatic heterocycles. The van der Waals surface area contributed by atoms with Crippen molar-refractivity contribution in [3.8, 4) is 0 Å². The van der Waals surface area contributed by atoms with Gasteiger partial charge in [-0.1, -0.05) is 45.8 Å². The number of hydrogen-bond acceptors (Lipinski definition) is 5. The first-order chi connectivity index (χ1) is 15.0. The fourth-order valence-electron chi connectivity index (χ4n) is 7.86. The van der Waals surface area contributed by atoms with Gasteiger partial charge in [0.1, 0.15) is 11.0 Å². The molecule has 0 aromatic carbocycles. The molecule has 4 fully saturated rings. The standard InChI is InChI=1S/C26H37FO4S/c1-6-7-22-30-21-13-19-18-9-8-16-12-17(28)10-11-23(16,4)25(18,27)20(29)14-24(19,5)26(21,31-22)32-15(2)3/h10-12,15,18-22,29H,6-9,13-14H2,1-5H3/t18?,19?,20-,21+,22+,23-,24-,25-,26-/m0/s1. The zero-order valence-electron chi connectivity index (χ0n) is 19.9. The Morgan fingerprint density at radius 3 is 2.75 bits per heavy atom. The van der Waals surface area contributed by atoms with E-state index in [0.29, 0.717) is 24.5 Å². The van der Waals surface area contributed by atoms with Gasteiger partial charge in [-0.3, -0.25) is 4.79 Å². The summed E-state index contributed by atoms with van der Waals surface area (Å²) in [6, 6.07) is 0. The number of allylic oxidation sites excluding steroid dienone is 4. The lowest BCUT2D eigenvalue weighted by molar-refractivity contribution is -0.217. The summed E-state index contributed by atoms with van der Waals surface area (Å²) < 4.78 is 30.5. The summed E-state index contributed by atoms with van der Waals surface area (Å²) in [5.41, 5.74) is -2.32. The molecule has 5 rings (SSSR count). The molecule has 178 valence electrons. The van der Waals surface area contributed by atoms with Crippen molar-refractivity contribution in [3.63, 3.8) is 0 Å². The van der Waals surface area contributed by atoms with Gasteiger partial charge in [-0.2, -0.15) is 0 Å². The number of ketones is 1. The molecule has 9 atom stereocenters. The maximum atomic E-state index is 17.3. The van der Waals surface area contributed by atoms with Crippen molar-refractivity contribution < 1.29 is 23.8 Å². The minimum atomic E-state index is -1.80. The van der Waals surface area contributed by atoms with Gasteiger partial charge >= 0.3 is 0 Å². The fraction of sp³-hybridized carbons (Fsp3) is 0.808. The molecule has 0 radical (unpaired) electrons. The summed E-state index contributed by atoms with van der Waals surface area (Å²) in [4.78, 5) is 11.5. The number of carbonyl (C=O) groups is 1. The van der Waals surface area contributed by atoms with Crippen molar-refractivity contribution in [1.82, 2.24) is 0 Å². The summed E-state index contributed by atoms with van der Waals surface area (Å²) in [7, 11) is 0. The highest BCUT2D eigenvalue weighted by molar-refractivity contribution is 8.01. The molecule has 0 bridgehead atoms. The lowest BCUT2D eigenvalue weighted by Gasteiger charge is -2.63. The Morgan fingerprint density at radius 1 is 1.31 bits per heavy atom. The largest absolute Gasteiger partial charge is 0.390 e. The number of ether oxygens (including phenoxy) is 2. The summed E-state index contributed by atoms with van der Waals surface area (Å²) in [5, 5.41) is 11.9. The van der Waals surface area contributed by atoms with Gasteiger partial charge in [-0.15, -0.1) is 11.8 Å². The number of fused-ring (bicyclic) bond motifs is 7. The topological polar surface area (TPSA) is 55.8 Å². The van der Waals surface area contributed by atoms with Crippen molar-refractivity contribution in [2.24, 2.45) is 22.7 Å². The zero-order valence-corrected chi connectivity index (χ0v) is 20.7. The molecule has 3 saturated carbocycles. The number of carbonyl (C=O) groups excluding carboxylic acids is 1. The number of hydrogen-bond donors (Lipinski definition) is 1. The van der Waals surface area contributed by atoms with Gasteiger partial charge in [0.05, 0.1) is 6.10 Å². The molecule has 4 nitrogen and oxygen atoms in total. The van der Waals surface area contributed by atoms with E-state index in [0.717, 1.165) is 24.8 Å². The van der Waals surface area contributed by atoms with Gasteiger partial charge in [-0.05, 0) is 57.1 Å². The molecule has 0 spiro atoms. The minimum absolute atomic E-state index is 0.0547. The second-order valence-electron chi connectivity index (χ2n) is 11.3. The van der Waals surface area contributed by atoms with Crippen molar-refractivity contribution in [2.45, 2.75) is 107 Å². The van der Waals surface area contributed by atoms with Crippen LogP contribution in [0.3, 0.4) is 0 Å². The Kier molecular flexibility index (Phi) is 5.34. The first-order valence-electron chi connectivity index (χ1n) is 12.3. The molecule has 4 aliphatic carbocycles. The quantitative estimate of drug-likeness (QED) is 0.608. The third-order valence-corrected chi connectivity index (χ3v) is 10.9. The van der Waals surface area contributed by atoms with E-state index in [1.807, 2.05) is 6.92 Å². The molecule has 1 N–H and O–H groups in total. The molecular formula is C26H37FO4S. The van der Waals surface area contributed by atoms with E-state index in [4.69, 9.17) is 9.47 Å².